The van der Waals surface area contributed by atoms with E-state index in [0.717, 1.165) is 42.7 Å². The summed E-state index contributed by atoms with van der Waals surface area (Å²) < 4.78 is 5.46. The second kappa shape index (κ2) is 9.13. The molecule has 0 radical (unpaired) electrons. The summed E-state index contributed by atoms with van der Waals surface area (Å²) in [7, 11) is 1.63. The van der Waals surface area contributed by atoms with Gasteiger partial charge in [-0.25, -0.2) is 9.78 Å². The number of amides is 1. The van der Waals surface area contributed by atoms with Gasteiger partial charge in [0.1, 0.15) is 17.1 Å². The molecule has 1 atom stereocenters. The van der Waals surface area contributed by atoms with Crippen molar-refractivity contribution in [3.8, 4) is 17.0 Å². The van der Waals surface area contributed by atoms with Crippen molar-refractivity contribution < 1.29 is 14.6 Å². The van der Waals surface area contributed by atoms with Crippen LogP contribution in [0.15, 0.2) is 30.5 Å². The van der Waals surface area contributed by atoms with Gasteiger partial charge in [0.15, 0.2) is 0 Å². The molecule has 2 aromatic rings. The molecule has 2 rings (SSSR count). The van der Waals surface area contributed by atoms with Crippen molar-refractivity contribution in [2.24, 2.45) is 5.41 Å². The Hall–Kier alpha value is -2.50. The second-order valence-electron chi connectivity index (χ2n) is 8.24. The Morgan fingerprint density at radius 3 is 2.54 bits per heavy atom. The van der Waals surface area contributed by atoms with Gasteiger partial charge in [-0.1, -0.05) is 65.5 Å². The van der Waals surface area contributed by atoms with E-state index in [1.807, 2.05) is 45.0 Å². The highest BCUT2D eigenvalue weighted by atomic mass is 16.5. The molecule has 1 amide bonds. The van der Waals surface area contributed by atoms with Crippen molar-refractivity contribution in [3.63, 3.8) is 0 Å². The quantitative estimate of drug-likeness (QED) is 0.491. The summed E-state index contributed by atoms with van der Waals surface area (Å²) in [4.78, 5) is 19.7. The molecule has 0 aliphatic carbocycles. The molecule has 28 heavy (non-hydrogen) atoms. The molecular weight excluding hydrogens is 354 g/mol. The van der Waals surface area contributed by atoms with Crippen LogP contribution in [0.5, 0.6) is 5.75 Å². The number of hydrogen-bond acceptors (Lipinski definition) is 3. The minimum atomic E-state index is -1.04. The second-order valence-corrected chi connectivity index (χ2v) is 8.24. The average molecular weight is 388 g/mol. The van der Waals surface area contributed by atoms with E-state index in [9.17, 15) is 9.90 Å². The number of H-pyrrole nitrogens is 1. The number of para-hydroxylation sites is 1. The molecule has 1 unspecified atom stereocenters. The lowest BCUT2D eigenvalue weighted by molar-refractivity contribution is 0.0994. The van der Waals surface area contributed by atoms with Gasteiger partial charge in [-0.2, -0.15) is 0 Å². The Bertz CT molecular complexity index is 779. The lowest BCUT2D eigenvalue weighted by atomic mass is 9.70. The highest BCUT2D eigenvalue weighted by Gasteiger charge is 2.46. The fourth-order valence-corrected chi connectivity index (χ4v) is 3.70. The number of aromatic amines is 1. The van der Waals surface area contributed by atoms with Gasteiger partial charge in [0, 0.05) is 5.56 Å². The van der Waals surface area contributed by atoms with E-state index in [4.69, 9.17) is 4.74 Å². The number of carboxylic acid groups (broad SMARTS) is 1. The molecule has 0 saturated heterocycles. The lowest BCUT2D eigenvalue weighted by Gasteiger charge is -2.43. The van der Waals surface area contributed by atoms with Crippen LogP contribution in [0.1, 0.15) is 65.6 Å². The number of rotatable bonds is 9. The molecule has 3 N–H and O–H groups in total. The van der Waals surface area contributed by atoms with E-state index in [-0.39, 0.29) is 5.41 Å². The number of aromatic nitrogens is 2. The van der Waals surface area contributed by atoms with E-state index in [0.29, 0.717) is 12.2 Å². The molecule has 0 aliphatic rings. The van der Waals surface area contributed by atoms with Crippen molar-refractivity contribution in [1.82, 2.24) is 15.3 Å². The summed E-state index contributed by atoms with van der Waals surface area (Å²) in [5, 5.41) is 12.4. The molecule has 154 valence electrons. The van der Waals surface area contributed by atoms with E-state index in [1.54, 1.807) is 13.3 Å². The average Bonchev–Trinajstić information content (AvgIpc) is 3.13. The van der Waals surface area contributed by atoms with Crippen LogP contribution in [-0.2, 0) is 5.54 Å². The first-order chi connectivity index (χ1) is 13.2. The van der Waals surface area contributed by atoms with Crippen LogP contribution in [0.2, 0.25) is 0 Å². The third-order valence-corrected chi connectivity index (χ3v) is 5.38. The SMILES string of the molecule is CCCCCCC(NC(=O)O)(c1ncc(-c2ccccc2OC)[nH]1)C(C)(C)C. The minimum Gasteiger partial charge on any atom is -0.496 e. The molecule has 0 fully saturated rings. The van der Waals surface area contributed by atoms with Gasteiger partial charge in [0.05, 0.1) is 19.0 Å². The molecule has 1 aromatic carbocycles. The molecule has 6 heteroatoms. The zero-order valence-corrected chi connectivity index (χ0v) is 17.6. The summed E-state index contributed by atoms with van der Waals surface area (Å²) in [5.41, 5.74) is 0.523. The van der Waals surface area contributed by atoms with Crippen molar-refractivity contribution in [2.75, 3.05) is 7.11 Å². The molecule has 0 saturated carbocycles. The normalized spacial score (nSPS) is 13.8. The predicted molar refractivity (Wildman–Crippen MR) is 112 cm³/mol. The van der Waals surface area contributed by atoms with Crippen molar-refractivity contribution in [3.05, 3.63) is 36.3 Å². The van der Waals surface area contributed by atoms with Crippen LogP contribution in [0.3, 0.4) is 0 Å². The number of nitrogens with one attached hydrogen (secondary N) is 2. The van der Waals surface area contributed by atoms with E-state index in [1.165, 1.54) is 0 Å². The first kappa shape index (κ1) is 21.8. The van der Waals surface area contributed by atoms with Crippen molar-refractivity contribution in [2.45, 2.75) is 65.3 Å². The molecule has 6 nitrogen and oxygen atoms in total. The van der Waals surface area contributed by atoms with Crippen LogP contribution in [0, 0.1) is 5.41 Å². The maximum atomic E-state index is 11.7. The summed E-state index contributed by atoms with van der Waals surface area (Å²) in [6.45, 7) is 8.31. The maximum Gasteiger partial charge on any atom is 0.405 e. The molecular formula is C22H33N3O3. The van der Waals surface area contributed by atoms with Gasteiger partial charge in [0.2, 0.25) is 0 Å². The number of carbonyl (C=O) groups is 1. The molecule has 1 heterocycles. The molecule has 0 spiro atoms. The lowest BCUT2D eigenvalue weighted by Crippen LogP contribution is -2.54. The van der Waals surface area contributed by atoms with Gasteiger partial charge in [0.25, 0.3) is 0 Å². The number of benzene rings is 1. The Labute approximate surface area is 167 Å². The first-order valence-corrected chi connectivity index (χ1v) is 9.95. The van der Waals surface area contributed by atoms with Gasteiger partial charge in [-0.05, 0) is 24.0 Å². The summed E-state index contributed by atoms with van der Waals surface area (Å²) >= 11 is 0. The van der Waals surface area contributed by atoms with Gasteiger partial charge >= 0.3 is 6.09 Å². The van der Waals surface area contributed by atoms with E-state index < -0.39 is 11.6 Å². The first-order valence-electron chi connectivity index (χ1n) is 9.95. The standard InChI is InChI=1S/C22H33N3O3/c1-6-7-8-11-14-22(21(2,3)4,25-20(26)27)19-23-15-17(24-19)16-12-9-10-13-18(16)28-5/h9-10,12-13,15,25H,6-8,11,14H2,1-5H3,(H,23,24)(H,26,27). The van der Waals surface area contributed by atoms with Crippen LogP contribution in [0.25, 0.3) is 11.3 Å². The smallest absolute Gasteiger partial charge is 0.405 e. The number of methoxy groups -OCH3 is 1. The van der Waals surface area contributed by atoms with Crippen molar-refractivity contribution >= 4 is 6.09 Å². The number of unbranched alkanes of at least 4 members (excludes halogenated alkanes) is 3. The molecule has 0 bridgehead atoms. The van der Waals surface area contributed by atoms with Crippen molar-refractivity contribution in [1.29, 1.82) is 0 Å². The van der Waals surface area contributed by atoms with Crippen LogP contribution >= 0.6 is 0 Å². The fraction of sp³-hybridized carbons (Fsp3) is 0.545. The maximum absolute atomic E-state index is 11.7. The number of imidazole rings is 1. The van der Waals surface area contributed by atoms with Gasteiger partial charge in [-0.15, -0.1) is 0 Å². The predicted octanol–water partition coefficient (Wildman–Crippen LogP) is 5.56. The summed E-state index contributed by atoms with van der Waals surface area (Å²) in [6.07, 6.45) is 5.66. The van der Waals surface area contributed by atoms with E-state index >= 15 is 0 Å². The monoisotopic (exact) mass is 387 g/mol. The van der Waals surface area contributed by atoms with E-state index in [2.05, 4.69) is 22.2 Å². The van der Waals surface area contributed by atoms with Crippen LogP contribution in [0.4, 0.5) is 4.79 Å². The Morgan fingerprint density at radius 1 is 1.21 bits per heavy atom. The summed E-state index contributed by atoms with van der Waals surface area (Å²) in [6, 6.07) is 7.71. The minimum absolute atomic E-state index is 0.368. The van der Waals surface area contributed by atoms with Crippen LogP contribution < -0.4 is 10.1 Å². The third-order valence-electron chi connectivity index (χ3n) is 5.38. The zero-order valence-electron chi connectivity index (χ0n) is 17.6. The fourth-order valence-electron chi connectivity index (χ4n) is 3.70. The van der Waals surface area contributed by atoms with Gasteiger partial charge in [-0.3, -0.25) is 0 Å². The highest BCUT2D eigenvalue weighted by molar-refractivity contribution is 5.68. The number of hydrogen-bond donors (Lipinski definition) is 3. The van der Waals surface area contributed by atoms with Crippen LogP contribution in [-0.4, -0.2) is 28.3 Å². The Kier molecular flexibility index (Phi) is 7.11. The molecule has 1 aromatic heterocycles. The van der Waals surface area contributed by atoms with Gasteiger partial charge < -0.3 is 20.1 Å². The number of ether oxygens (including phenoxy) is 1. The summed E-state index contributed by atoms with van der Waals surface area (Å²) in [5.74, 6) is 1.38. The largest absolute Gasteiger partial charge is 0.496 e. The highest BCUT2D eigenvalue weighted by Crippen LogP contribution is 2.43. The third kappa shape index (κ3) is 4.66. The Morgan fingerprint density at radius 2 is 1.93 bits per heavy atom. The Balaban J connectivity index is 2.48. The topological polar surface area (TPSA) is 87.2 Å². The molecule has 0 aliphatic heterocycles. The number of nitrogens with zero attached hydrogens (tertiary/aromatic N) is 1. The zero-order chi connectivity index (χ0) is 20.8.